The fraction of sp³-hybridized carbons (Fsp3) is 0.667. The second-order valence-electron chi connectivity index (χ2n) is 5.92. The molecule has 1 aromatic carbocycles. The zero-order chi connectivity index (χ0) is 14.9. The van der Waals surface area contributed by atoms with Crippen LogP contribution in [-0.2, 0) is 17.8 Å². The van der Waals surface area contributed by atoms with Crippen LogP contribution < -0.4 is 5.32 Å². The second kappa shape index (κ2) is 9.19. The molecule has 2 rings (SSSR count). The van der Waals surface area contributed by atoms with Crippen molar-refractivity contribution in [3.05, 3.63) is 35.4 Å². The topological polar surface area (TPSA) is 24.5 Å². The summed E-state index contributed by atoms with van der Waals surface area (Å²) < 4.78 is 5.94. The summed E-state index contributed by atoms with van der Waals surface area (Å²) in [5.74, 6) is 0. The highest BCUT2D eigenvalue weighted by Gasteiger charge is 2.20. The lowest BCUT2D eigenvalue weighted by Gasteiger charge is -2.33. The lowest BCUT2D eigenvalue weighted by molar-refractivity contribution is -0.00229. The minimum absolute atomic E-state index is 0.430. The first-order chi connectivity index (χ1) is 10.3. The van der Waals surface area contributed by atoms with E-state index in [1.807, 2.05) is 0 Å². The molecule has 1 aromatic rings. The molecule has 3 nitrogen and oxygen atoms in total. The van der Waals surface area contributed by atoms with Crippen molar-refractivity contribution in [3.8, 4) is 0 Å². The molecule has 0 spiro atoms. The first-order valence-corrected chi connectivity index (χ1v) is 8.45. The number of hydrogen-bond donors (Lipinski definition) is 1. The summed E-state index contributed by atoms with van der Waals surface area (Å²) >= 11 is 0. The first-order valence-electron chi connectivity index (χ1n) is 8.45. The Bertz CT molecular complexity index is 408. The van der Waals surface area contributed by atoms with Crippen molar-refractivity contribution in [2.75, 3.05) is 26.2 Å². The third-order valence-corrected chi connectivity index (χ3v) is 4.10. The molecular formula is C18H30N2O. The van der Waals surface area contributed by atoms with Gasteiger partial charge < -0.3 is 10.1 Å². The van der Waals surface area contributed by atoms with Gasteiger partial charge in [-0.2, -0.15) is 0 Å². The molecule has 0 aromatic heterocycles. The number of nitrogens with one attached hydrogen (secondary N) is 1. The van der Waals surface area contributed by atoms with Gasteiger partial charge in [-0.1, -0.05) is 38.1 Å². The molecule has 1 fully saturated rings. The van der Waals surface area contributed by atoms with Crippen LogP contribution in [0.1, 0.15) is 44.2 Å². The molecule has 3 heteroatoms. The van der Waals surface area contributed by atoms with Crippen LogP contribution in [0, 0.1) is 0 Å². The van der Waals surface area contributed by atoms with Crippen LogP contribution in [0.15, 0.2) is 24.3 Å². The monoisotopic (exact) mass is 290 g/mol. The molecule has 1 aliphatic heterocycles. The van der Waals surface area contributed by atoms with E-state index < -0.39 is 0 Å². The molecule has 1 N–H and O–H groups in total. The Morgan fingerprint density at radius 1 is 1.24 bits per heavy atom. The number of nitrogens with zero attached hydrogens (tertiary/aromatic N) is 1. The molecule has 0 radical (unpaired) electrons. The van der Waals surface area contributed by atoms with Crippen molar-refractivity contribution in [2.24, 2.45) is 0 Å². The summed E-state index contributed by atoms with van der Waals surface area (Å²) in [5.41, 5.74) is 2.88. The van der Waals surface area contributed by atoms with E-state index in [4.69, 9.17) is 4.74 Å². The summed E-state index contributed by atoms with van der Waals surface area (Å²) in [6.07, 6.45) is 4.01. The molecule has 0 aliphatic carbocycles. The SMILES string of the molecule is CCCOC1CCCN(Cc2ccccc2CNCC)C1. The quantitative estimate of drug-likeness (QED) is 0.796. The minimum Gasteiger partial charge on any atom is -0.377 e. The van der Waals surface area contributed by atoms with Gasteiger partial charge in [0.05, 0.1) is 6.10 Å². The molecule has 1 saturated heterocycles. The van der Waals surface area contributed by atoms with E-state index in [-0.39, 0.29) is 0 Å². The van der Waals surface area contributed by atoms with Crippen molar-refractivity contribution in [2.45, 2.75) is 52.3 Å². The normalized spacial score (nSPS) is 19.8. The third-order valence-electron chi connectivity index (χ3n) is 4.10. The Balaban J connectivity index is 1.91. The lowest BCUT2D eigenvalue weighted by atomic mass is 10.0. The van der Waals surface area contributed by atoms with Crippen molar-refractivity contribution in [1.82, 2.24) is 10.2 Å². The average molecular weight is 290 g/mol. The van der Waals surface area contributed by atoms with Gasteiger partial charge in [0, 0.05) is 26.2 Å². The number of ether oxygens (including phenoxy) is 1. The molecule has 0 saturated carbocycles. The van der Waals surface area contributed by atoms with Gasteiger partial charge in [-0.3, -0.25) is 4.90 Å². The van der Waals surface area contributed by atoms with Gasteiger partial charge in [-0.05, 0) is 43.5 Å². The van der Waals surface area contributed by atoms with E-state index in [9.17, 15) is 0 Å². The number of piperidine rings is 1. The van der Waals surface area contributed by atoms with Crippen molar-refractivity contribution >= 4 is 0 Å². The lowest BCUT2D eigenvalue weighted by Crippen LogP contribution is -2.39. The van der Waals surface area contributed by atoms with Crippen LogP contribution in [0.5, 0.6) is 0 Å². The standard InChI is InChI=1S/C18H30N2O/c1-3-12-21-18-10-7-11-20(15-18)14-17-9-6-5-8-16(17)13-19-4-2/h5-6,8-9,18-19H,3-4,7,10-15H2,1-2H3. The van der Waals surface area contributed by atoms with Crippen LogP contribution in [0.3, 0.4) is 0 Å². The van der Waals surface area contributed by atoms with Gasteiger partial charge in [0.25, 0.3) is 0 Å². The molecule has 21 heavy (non-hydrogen) atoms. The highest BCUT2D eigenvalue weighted by Crippen LogP contribution is 2.18. The predicted molar refractivity (Wildman–Crippen MR) is 88.4 cm³/mol. The summed E-state index contributed by atoms with van der Waals surface area (Å²) in [6.45, 7) is 10.5. The molecule has 118 valence electrons. The Morgan fingerprint density at radius 2 is 2.05 bits per heavy atom. The van der Waals surface area contributed by atoms with E-state index in [0.29, 0.717) is 6.10 Å². The zero-order valence-electron chi connectivity index (χ0n) is 13.6. The number of hydrogen-bond acceptors (Lipinski definition) is 3. The number of likely N-dealkylation sites (tertiary alicyclic amines) is 1. The predicted octanol–water partition coefficient (Wildman–Crippen LogP) is 3.19. The van der Waals surface area contributed by atoms with Crippen molar-refractivity contribution < 1.29 is 4.74 Å². The molecule has 1 aliphatic rings. The van der Waals surface area contributed by atoms with E-state index >= 15 is 0 Å². The fourth-order valence-corrected chi connectivity index (χ4v) is 2.96. The zero-order valence-corrected chi connectivity index (χ0v) is 13.6. The Labute approximate surface area is 129 Å². The van der Waals surface area contributed by atoms with Gasteiger partial charge in [0.1, 0.15) is 0 Å². The van der Waals surface area contributed by atoms with Crippen LogP contribution >= 0.6 is 0 Å². The second-order valence-corrected chi connectivity index (χ2v) is 5.92. The molecular weight excluding hydrogens is 260 g/mol. The van der Waals surface area contributed by atoms with Crippen molar-refractivity contribution in [3.63, 3.8) is 0 Å². The molecule has 1 unspecified atom stereocenters. The van der Waals surface area contributed by atoms with E-state index in [0.717, 1.165) is 39.2 Å². The van der Waals surface area contributed by atoms with Gasteiger partial charge in [-0.15, -0.1) is 0 Å². The maximum atomic E-state index is 5.94. The molecule has 0 bridgehead atoms. The van der Waals surface area contributed by atoms with Gasteiger partial charge in [0.15, 0.2) is 0 Å². The van der Waals surface area contributed by atoms with Gasteiger partial charge in [-0.25, -0.2) is 0 Å². The van der Waals surface area contributed by atoms with Crippen LogP contribution in [-0.4, -0.2) is 37.2 Å². The maximum Gasteiger partial charge on any atom is 0.0702 e. The summed E-state index contributed by atoms with van der Waals surface area (Å²) in [4.78, 5) is 2.55. The van der Waals surface area contributed by atoms with Crippen LogP contribution in [0.25, 0.3) is 0 Å². The average Bonchev–Trinajstić information content (AvgIpc) is 2.52. The summed E-state index contributed by atoms with van der Waals surface area (Å²) in [5, 5.41) is 3.44. The molecule has 0 amide bonds. The van der Waals surface area contributed by atoms with Crippen LogP contribution in [0.2, 0.25) is 0 Å². The summed E-state index contributed by atoms with van der Waals surface area (Å²) in [6, 6.07) is 8.80. The molecule has 1 heterocycles. The smallest absolute Gasteiger partial charge is 0.0702 e. The number of benzene rings is 1. The highest BCUT2D eigenvalue weighted by atomic mass is 16.5. The summed E-state index contributed by atoms with van der Waals surface area (Å²) in [7, 11) is 0. The first kappa shape index (κ1) is 16.5. The Morgan fingerprint density at radius 3 is 2.81 bits per heavy atom. The fourth-order valence-electron chi connectivity index (χ4n) is 2.96. The van der Waals surface area contributed by atoms with Gasteiger partial charge >= 0.3 is 0 Å². The highest BCUT2D eigenvalue weighted by molar-refractivity contribution is 5.27. The van der Waals surface area contributed by atoms with E-state index in [1.54, 1.807) is 0 Å². The largest absolute Gasteiger partial charge is 0.377 e. The maximum absolute atomic E-state index is 5.94. The van der Waals surface area contributed by atoms with Crippen LogP contribution in [0.4, 0.5) is 0 Å². The Kier molecular flexibility index (Phi) is 7.20. The third kappa shape index (κ3) is 5.42. The number of rotatable bonds is 8. The van der Waals surface area contributed by atoms with E-state index in [1.165, 1.54) is 30.5 Å². The Hall–Kier alpha value is -0.900. The van der Waals surface area contributed by atoms with Crippen molar-refractivity contribution in [1.29, 1.82) is 0 Å². The minimum atomic E-state index is 0.430. The van der Waals surface area contributed by atoms with Gasteiger partial charge in [0.2, 0.25) is 0 Å². The molecule has 1 atom stereocenters. The van der Waals surface area contributed by atoms with E-state index in [2.05, 4.69) is 48.3 Å².